The summed E-state index contributed by atoms with van der Waals surface area (Å²) in [6.45, 7) is 5.72. The van der Waals surface area contributed by atoms with Crippen LogP contribution in [0.3, 0.4) is 0 Å². The maximum absolute atomic E-state index is 12.5. The smallest absolute Gasteiger partial charge is 0.431 e. The molecule has 2 atom stereocenters. The van der Waals surface area contributed by atoms with E-state index in [0.29, 0.717) is 6.42 Å². The zero-order valence-corrected chi connectivity index (χ0v) is 21.4. The van der Waals surface area contributed by atoms with E-state index in [1.807, 2.05) is 6.92 Å². The van der Waals surface area contributed by atoms with Crippen molar-refractivity contribution in [2.24, 2.45) is 5.41 Å². The fourth-order valence-electron chi connectivity index (χ4n) is 3.24. The van der Waals surface area contributed by atoms with Crippen molar-refractivity contribution in [2.75, 3.05) is 18.9 Å². The van der Waals surface area contributed by atoms with Gasteiger partial charge in [0.1, 0.15) is 6.10 Å². The first kappa shape index (κ1) is 30.1. The highest BCUT2D eigenvalue weighted by Crippen LogP contribution is 2.25. The van der Waals surface area contributed by atoms with Gasteiger partial charge in [-0.1, -0.05) is 27.2 Å². The van der Waals surface area contributed by atoms with Crippen LogP contribution >= 0.6 is 0 Å². The largest absolute Gasteiger partial charge is 0.511 e. The lowest BCUT2D eigenvalue weighted by atomic mass is 9.87. The molecule has 1 aliphatic rings. The molecule has 1 rings (SSSR count). The molecule has 0 radical (unpaired) electrons. The van der Waals surface area contributed by atoms with E-state index in [9.17, 15) is 27.9 Å². The Bertz CT molecular complexity index is 762. The first-order valence-corrected chi connectivity index (χ1v) is 13.3. The van der Waals surface area contributed by atoms with Gasteiger partial charge in [0, 0.05) is 25.3 Å². The molecule has 0 spiro atoms. The molecular weight excluding hydrogens is 470 g/mol. The van der Waals surface area contributed by atoms with Crippen molar-refractivity contribution in [2.45, 2.75) is 97.6 Å². The number of carbonyl (C=O) groups excluding carboxylic acids is 3. The Kier molecular flexibility index (Phi) is 12.8. The Morgan fingerprint density at radius 2 is 1.76 bits per heavy atom. The maximum Gasteiger partial charge on any atom is 0.511 e. The Balaban J connectivity index is 2.56. The van der Waals surface area contributed by atoms with E-state index < -0.39 is 46.7 Å². The van der Waals surface area contributed by atoms with Crippen LogP contribution in [0.4, 0.5) is 4.79 Å². The van der Waals surface area contributed by atoms with E-state index in [2.05, 4.69) is 5.32 Å². The van der Waals surface area contributed by atoms with Crippen LogP contribution in [0.15, 0.2) is 0 Å². The number of rotatable bonds is 14. The highest BCUT2D eigenvalue weighted by molar-refractivity contribution is 7.86. The average Bonchev–Trinajstić information content (AvgIpc) is 2.75. The summed E-state index contributed by atoms with van der Waals surface area (Å²) in [5.41, 5.74) is -1.32. The molecule has 0 aliphatic heterocycles. The lowest BCUT2D eigenvalue weighted by molar-refractivity contribution is -0.189. The SMILES string of the molecule is CCCC(OC(=O)OC1CCCCC1)OC(=O)[C@H](O)C(C)(C)COS(=O)(=O)CCCNC(C)=O. The van der Waals surface area contributed by atoms with Crippen molar-refractivity contribution in [1.29, 1.82) is 0 Å². The molecule has 1 saturated carbocycles. The monoisotopic (exact) mass is 509 g/mol. The molecule has 198 valence electrons. The highest BCUT2D eigenvalue weighted by atomic mass is 32.2. The van der Waals surface area contributed by atoms with Crippen LogP contribution in [0.5, 0.6) is 0 Å². The first-order valence-electron chi connectivity index (χ1n) is 11.7. The predicted octanol–water partition coefficient (Wildman–Crippen LogP) is 2.40. The van der Waals surface area contributed by atoms with Crippen molar-refractivity contribution in [3.8, 4) is 0 Å². The van der Waals surface area contributed by atoms with Gasteiger partial charge in [-0.2, -0.15) is 8.42 Å². The van der Waals surface area contributed by atoms with Crippen LogP contribution in [0.25, 0.3) is 0 Å². The molecule has 0 aromatic heterocycles. The number of aliphatic hydroxyl groups is 1. The summed E-state index contributed by atoms with van der Waals surface area (Å²) in [5, 5.41) is 12.9. The summed E-state index contributed by atoms with van der Waals surface area (Å²) in [6, 6.07) is 0. The maximum atomic E-state index is 12.5. The van der Waals surface area contributed by atoms with Gasteiger partial charge in [-0.3, -0.25) is 8.98 Å². The topological polar surface area (TPSA) is 155 Å². The Labute approximate surface area is 202 Å². The molecule has 1 aliphatic carbocycles. The molecule has 2 N–H and O–H groups in total. The minimum atomic E-state index is -3.93. The van der Waals surface area contributed by atoms with Crippen molar-refractivity contribution in [3.63, 3.8) is 0 Å². The minimum absolute atomic E-state index is 0.153. The Hall–Kier alpha value is -1.92. The van der Waals surface area contributed by atoms with Crippen molar-refractivity contribution >= 4 is 28.1 Å². The number of hydrogen-bond donors (Lipinski definition) is 2. The molecule has 1 fully saturated rings. The number of carbonyl (C=O) groups is 3. The van der Waals surface area contributed by atoms with Gasteiger partial charge in [-0.05, 0) is 38.5 Å². The summed E-state index contributed by atoms with van der Waals surface area (Å²) >= 11 is 0. The summed E-state index contributed by atoms with van der Waals surface area (Å²) in [4.78, 5) is 35.4. The molecule has 0 aromatic carbocycles. The third-order valence-electron chi connectivity index (χ3n) is 5.33. The second kappa shape index (κ2) is 14.5. The van der Waals surface area contributed by atoms with E-state index in [1.54, 1.807) is 0 Å². The molecule has 1 unspecified atom stereocenters. The molecular formula is C22H39NO10S. The van der Waals surface area contributed by atoms with Gasteiger partial charge in [-0.15, -0.1) is 0 Å². The van der Waals surface area contributed by atoms with Gasteiger partial charge in [0.25, 0.3) is 16.4 Å². The highest BCUT2D eigenvalue weighted by Gasteiger charge is 2.38. The number of amides is 1. The van der Waals surface area contributed by atoms with Crippen molar-refractivity contribution < 1.29 is 46.3 Å². The number of nitrogens with one attached hydrogen (secondary N) is 1. The van der Waals surface area contributed by atoms with Crippen LogP contribution < -0.4 is 5.32 Å². The second-order valence-corrected chi connectivity index (χ2v) is 10.9. The standard InChI is InChI=1S/C22H39NO10S/c1-5-10-18(33-21(27)31-17-11-7-6-8-12-17)32-20(26)19(25)22(3,4)15-30-34(28,29)14-9-13-23-16(2)24/h17-19,25H,5-15H2,1-4H3,(H,23,24)/t18?,19-/m0/s1. The number of hydrogen-bond acceptors (Lipinski definition) is 10. The van der Waals surface area contributed by atoms with Crippen LogP contribution in [0, 0.1) is 5.41 Å². The number of aliphatic hydroxyl groups excluding tert-OH is 1. The quantitative estimate of drug-likeness (QED) is 0.154. The predicted molar refractivity (Wildman–Crippen MR) is 122 cm³/mol. The average molecular weight is 510 g/mol. The molecule has 1 amide bonds. The lowest BCUT2D eigenvalue weighted by Crippen LogP contribution is -2.43. The fraction of sp³-hybridized carbons (Fsp3) is 0.864. The second-order valence-electron chi connectivity index (χ2n) is 9.15. The molecule has 0 heterocycles. The van der Waals surface area contributed by atoms with Gasteiger partial charge in [-0.25, -0.2) is 9.59 Å². The fourth-order valence-corrected chi connectivity index (χ4v) is 4.34. The summed E-state index contributed by atoms with van der Waals surface area (Å²) in [7, 11) is -3.93. The van der Waals surface area contributed by atoms with Gasteiger partial charge in [0.2, 0.25) is 5.91 Å². The van der Waals surface area contributed by atoms with Gasteiger partial charge < -0.3 is 24.6 Å². The third kappa shape index (κ3) is 12.0. The Morgan fingerprint density at radius 1 is 1.12 bits per heavy atom. The molecule has 12 heteroatoms. The molecule has 0 aromatic rings. The molecule has 0 bridgehead atoms. The summed E-state index contributed by atoms with van der Waals surface area (Å²) in [6.07, 6.45) is 1.33. The molecule has 34 heavy (non-hydrogen) atoms. The van der Waals surface area contributed by atoms with Crippen LogP contribution in [-0.2, 0) is 38.1 Å². The zero-order valence-electron chi connectivity index (χ0n) is 20.5. The molecule has 11 nitrogen and oxygen atoms in total. The van der Waals surface area contributed by atoms with Gasteiger partial charge in [0.15, 0.2) is 6.10 Å². The van der Waals surface area contributed by atoms with Crippen molar-refractivity contribution in [1.82, 2.24) is 5.32 Å². The van der Waals surface area contributed by atoms with Crippen LogP contribution in [0.1, 0.15) is 79.1 Å². The van der Waals surface area contributed by atoms with Crippen LogP contribution in [0.2, 0.25) is 0 Å². The van der Waals surface area contributed by atoms with Crippen LogP contribution in [-0.4, -0.2) is 69.0 Å². The first-order chi connectivity index (χ1) is 15.9. The number of esters is 1. The number of ether oxygens (including phenoxy) is 3. The third-order valence-corrected chi connectivity index (χ3v) is 6.60. The zero-order chi connectivity index (χ0) is 25.8. The van der Waals surface area contributed by atoms with E-state index in [-0.39, 0.29) is 37.2 Å². The van der Waals surface area contributed by atoms with E-state index in [4.69, 9.17) is 18.4 Å². The van der Waals surface area contributed by atoms with E-state index in [0.717, 1.165) is 32.1 Å². The minimum Gasteiger partial charge on any atom is -0.431 e. The van der Waals surface area contributed by atoms with E-state index in [1.165, 1.54) is 20.8 Å². The summed E-state index contributed by atoms with van der Waals surface area (Å²) < 4.78 is 44.7. The lowest BCUT2D eigenvalue weighted by Gasteiger charge is -2.29. The van der Waals surface area contributed by atoms with E-state index >= 15 is 0 Å². The molecule has 0 saturated heterocycles. The Morgan fingerprint density at radius 3 is 2.35 bits per heavy atom. The van der Waals surface area contributed by atoms with Crippen molar-refractivity contribution in [3.05, 3.63) is 0 Å². The summed E-state index contributed by atoms with van der Waals surface area (Å²) in [5.74, 6) is -1.67. The van der Waals surface area contributed by atoms with Gasteiger partial charge >= 0.3 is 12.1 Å². The normalized spacial score (nSPS) is 16.9. The van der Waals surface area contributed by atoms with Gasteiger partial charge in [0.05, 0.1) is 12.4 Å².